The van der Waals surface area contributed by atoms with Crippen LogP contribution >= 0.6 is 0 Å². The molecule has 0 aromatic heterocycles. The molecule has 0 spiro atoms. The molecule has 0 aliphatic carbocycles. The number of hydrogen-bond acceptors (Lipinski definition) is 16. The van der Waals surface area contributed by atoms with E-state index in [1.165, 1.54) is 0 Å². The van der Waals surface area contributed by atoms with Crippen molar-refractivity contribution in [1.29, 1.82) is 0 Å². The molecule has 2 heterocycles. The molecule has 0 aromatic carbocycles. The van der Waals surface area contributed by atoms with Gasteiger partial charge in [0.15, 0.2) is 0 Å². The molecule has 2 radical (unpaired) electrons. The van der Waals surface area contributed by atoms with E-state index in [1.807, 2.05) is 0 Å². The number of aliphatic hydroxyl groups excluding tert-OH is 6. The zero-order valence-electron chi connectivity index (χ0n) is 16.7. The topological polar surface area (TPSA) is 273 Å². The van der Waals surface area contributed by atoms with Gasteiger partial charge in [0, 0.05) is 0 Å². The number of rotatable bonds is 6. The first kappa shape index (κ1) is 35.9. The van der Waals surface area contributed by atoms with Crippen molar-refractivity contribution in [3.8, 4) is 0 Å². The minimum atomic E-state index is -3.90. The van der Waals surface area contributed by atoms with E-state index in [1.54, 1.807) is 0 Å². The fourth-order valence-electron chi connectivity index (χ4n) is 2.20. The van der Waals surface area contributed by atoms with Gasteiger partial charge in [0.2, 0.25) is 0 Å². The van der Waals surface area contributed by atoms with Gasteiger partial charge >= 0.3 is 244 Å². The number of carboxylic acid groups (broad SMARTS) is 2. The summed E-state index contributed by atoms with van der Waals surface area (Å²) in [6, 6.07) is 0. The van der Waals surface area contributed by atoms with Crippen molar-refractivity contribution < 1.29 is 128 Å². The van der Waals surface area contributed by atoms with Gasteiger partial charge in [0.05, 0.1) is 0 Å². The summed E-state index contributed by atoms with van der Waals surface area (Å²) in [5.74, 6) is -3.49. The van der Waals surface area contributed by atoms with Crippen LogP contribution in [0.1, 0.15) is 0 Å². The zero-order valence-corrected chi connectivity index (χ0v) is 25.8. The minimum Gasteiger partial charge on any atom is 1.00 e. The van der Waals surface area contributed by atoms with Gasteiger partial charge in [-0.3, -0.25) is 0 Å². The summed E-state index contributed by atoms with van der Waals surface area (Å²) in [4.78, 5) is 20.9. The first-order valence-electron chi connectivity index (χ1n) is 7.91. The van der Waals surface area contributed by atoms with E-state index in [0.29, 0.717) is 0 Å². The van der Waals surface area contributed by atoms with Gasteiger partial charge in [0.1, 0.15) is 0 Å². The largest absolute Gasteiger partial charge is 1.00 e. The van der Waals surface area contributed by atoms with Crippen molar-refractivity contribution in [2.45, 2.75) is 48.8 Å². The van der Waals surface area contributed by atoms with E-state index in [0.717, 1.165) is 0 Å². The Balaban J connectivity index is 0. The number of aliphatic carboxylic acids is 2. The molecule has 8 atom stereocenters. The average Bonchev–Trinajstić information content (AvgIpc) is 2.69. The van der Waals surface area contributed by atoms with Crippen LogP contribution in [0, 0.1) is 0 Å². The van der Waals surface area contributed by atoms with Crippen LogP contribution in [0.5, 0.6) is 0 Å². The normalized spacial score (nSPS) is 31.7. The van der Waals surface area contributed by atoms with Crippen LogP contribution in [0.3, 0.4) is 0 Å². The minimum absolute atomic E-state index is 0. The fourth-order valence-corrected chi connectivity index (χ4v) is 7.39. The quantitative estimate of drug-likeness (QED) is 0.140. The molecule has 2 fully saturated rings. The van der Waals surface area contributed by atoms with Crippen molar-refractivity contribution in [3.05, 3.63) is 0 Å². The third-order valence-electron chi connectivity index (χ3n) is 3.71. The second kappa shape index (κ2) is 17.3. The van der Waals surface area contributed by atoms with Crippen molar-refractivity contribution in [2.75, 3.05) is 13.2 Å². The van der Waals surface area contributed by atoms with E-state index in [2.05, 4.69) is 12.1 Å². The van der Waals surface area contributed by atoms with Crippen molar-refractivity contribution in [1.82, 2.24) is 0 Å². The van der Waals surface area contributed by atoms with Gasteiger partial charge in [-0.15, -0.1) is 0 Å². The molecule has 174 valence electrons. The standard InChI is InChI=1S/2C6H10O7.2Na.2O.2Sb/c2*7-1-2(8)3(9)4(10)5(11)6(12)13;;;;;;/h2*2-5,7-8,10H,1H2,(H,12,13);;;;;;/q2*-2;2*+1;;;2*+2/p-2/t2*2-,3-,4+,5-;;;;;;/m11....../s1. The second-order valence-electron chi connectivity index (χ2n) is 5.76. The Kier molecular flexibility index (Phi) is 19.4. The predicted molar refractivity (Wildman–Crippen MR) is 80.6 cm³/mol. The van der Waals surface area contributed by atoms with E-state index in [9.17, 15) is 36.1 Å². The molecule has 0 aromatic rings. The summed E-state index contributed by atoms with van der Waals surface area (Å²) in [6.07, 6.45) is -13.0. The summed E-state index contributed by atoms with van der Waals surface area (Å²) in [5.41, 5.74) is 0. The van der Waals surface area contributed by atoms with Gasteiger partial charge < -0.3 is 0 Å². The average molecular weight is 708 g/mol. The van der Waals surface area contributed by atoms with Crippen molar-refractivity contribution in [3.63, 3.8) is 0 Å². The summed E-state index contributed by atoms with van der Waals surface area (Å²) in [7, 11) is 0. The van der Waals surface area contributed by atoms with Crippen LogP contribution in [0.2, 0.25) is 0 Å². The molecule has 0 unspecified atom stereocenters. The summed E-state index contributed by atoms with van der Waals surface area (Å²) in [6.45, 7) is -1.51. The molecule has 6 N–H and O–H groups in total. The van der Waals surface area contributed by atoms with Gasteiger partial charge in [-0.2, -0.15) is 0 Å². The Bertz CT molecular complexity index is 601. The smallest absolute Gasteiger partial charge is 1.00 e. The Hall–Kier alpha value is 1.78. The first-order chi connectivity index (χ1) is 13.9. The van der Waals surface area contributed by atoms with Crippen molar-refractivity contribution in [2.24, 2.45) is 0 Å². The molecule has 2 aliphatic heterocycles. The molecule has 2 rings (SSSR count). The maximum Gasteiger partial charge on any atom is 1.00 e. The number of carbonyl (C=O) groups excluding carboxylic acids is 2. The molecule has 0 saturated carbocycles. The van der Waals surface area contributed by atoms with Crippen LogP contribution in [0.25, 0.3) is 0 Å². The molecule has 2 aliphatic rings. The van der Waals surface area contributed by atoms with Gasteiger partial charge in [0.25, 0.3) is 0 Å². The van der Waals surface area contributed by atoms with Crippen LogP contribution in [-0.2, 0) is 27.7 Å². The third-order valence-corrected chi connectivity index (χ3v) is 8.36. The monoisotopic (exact) mass is 706 g/mol. The van der Waals surface area contributed by atoms with E-state index in [-0.39, 0.29) is 59.1 Å². The van der Waals surface area contributed by atoms with E-state index < -0.39 is 116 Å². The number of carboxylic acids is 2. The summed E-state index contributed by atoms with van der Waals surface area (Å²) in [5, 5.41) is 75.1. The molecular formula is C12H18Na2O16Sb2. The molecular weight excluding hydrogens is 690 g/mol. The molecule has 16 nitrogen and oxygen atoms in total. The number of hydrogen-bond donors (Lipinski definition) is 6. The van der Waals surface area contributed by atoms with Crippen LogP contribution < -0.4 is 69.3 Å². The SMILES string of the molecule is O=C([O-])[C@@H]1[O][Sb](=[O])[O][C@H]([C@H](O)CO)[C@@H]1O.O=C([O-])[C@@H]1[O][Sb](=[O])[O][C@H]([C@H](O)CO)[C@@H]1O.[Na+].[Na+]. The van der Waals surface area contributed by atoms with Crippen LogP contribution in [0.4, 0.5) is 0 Å². The van der Waals surface area contributed by atoms with E-state index in [4.69, 9.17) is 20.4 Å². The summed E-state index contributed by atoms with van der Waals surface area (Å²) < 4.78 is 39.9. The Labute approximate surface area is 240 Å². The van der Waals surface area contributed by atoms with Crippen LogP contribution in [0.15, 0.2) is 0 Å². The Morgan fingerprint density at radius 2 is 1.03 bits per heavy atom. The molecule has 32 heavy (non-hydrogen) atoms. The first-order valence-corrected chi connectivity index (χ1v) is 14.2. The summed E-state index contributed by atoms with van der Waals surface area (Å²) >= 11 is -7.80. The maximum atomic E-state index is 11.0. The fraction of sp³-hybridized carbons (Fsp3) is 0.833. The zero-order chi connectivity index (χ0) is 23.2. The van der Waals surface area contributed by atoms with Crippen molar-refractivity contribution >= 4 is 54.0 Å². The number of carbonyl (C=O) groups is 2. The van der Waals surface area contributed by atoms with Crippen LogP contribution in [-0.4, -0.2) is 147 Å². The van der Waals surface area contributed by atoms with Gasteiger partial charge in [-0.25, -0.2) is 0 Å². The molecule has 20 heteroatoms. The van der Waals surface area contributed by atoms with E-state index >= 15 is 0 Å². The number of aliphatic hydroxyl groups is 6. The molecule has 0 amide bonds. The van der Waals surface area contributed by atoms with Gasteiger partial charge in [-0.1, -0.05) is 0 Å². The third kappa shape index (κ3) is 10.4. The van der Waals surface area contributed by atoms with Gasteiger partial charge in [-0.05, 0) is 0 Å². The second-order valence-corrected chi connectivity index (χ2v) is 10.7. The molecule has 0 bridgehead atoms. The Morgan fingerprint density at radius 1 is 0.750 bits per heavy atom. The maximum absolute atomic E-state index is 11.0. The predicted octanol–water partition coefficient (Wildman–Crippen LogP) is -14.7. The molecule has 2 saturated heterocycles. The Morgan fingerprint density at radius 3 is 1.25 bits per heavy atom.